The molecule has 1 aromatic heterocycles. The summed E-state index contributed by atoms with van der Waals surface area (Å²) in [5.41, 5.74) is 1.85. The number of rotatable bonds is 4. The van der Waals surface area contributed by atoms with Crippen LogP contribution in [-0.2, 0) is 11.4 Å². The molecule has 0 radical (unpaired) electrons. The first-order valence-electron chi connectivity index (χ1n) is 9.21. The molecule has 1 aromatic carbocycles. The van der Waals surface area contributed by atoms with Gasteiger partial charge in [0.1, 0.15) is 5.75 Å². The molecule has 0 saturated carbocycles. The molecule has 2 unspecified atom stereocenters. The molecule has 3 saturated heterocycles. The number of hydrogen-bond acceptors (Lipinski definition) is 5. The summed E-state index contributed by atoms with van der Waals surface area (Å²) in [4.78, 5) is 6.86. The molecule has 3 aliphatic rings. The van der Waals surface area contributed by atoms with Crippen molar-refractivity contribution in [3.8, 4) is 5.75 Å². The van der Waals surface area contributed by atoms with Crippen molar-refractivity contribution in [2.24, 2.45) is 11.8 Å². The van der Waals surface area contributed by atoms with Crippen LogP contribution >= 0.6 is 0 Å². The lowest BCUT2D eigenvalue weighted by atomic mass is 9.73. The molecule has 28 heavy (non-hydrogen) atoms. The standard InChI is InChI=1S/C20H24N2O2.H2O3S/c1-3-13-12-22-9-7-14(13)10-19(22)20(23)16-6-8-21-18-5-4-15(24-2)11-17(16)18;1-4(2)3/h3-6,8,11,13-14,19-20,23H,1,7,9-10,12H2,2H3;(H2,1,2,3)/t13-,14?,19-,20-;/m1./s1. The van der Waals surface area contributed by atoms with Gasteiger partial charge >= 0.3 is 0 Å². The minimum atomic E-state index is -2.61. The number of ether oxygens (including phenoxy) is 1. The number of aliphatic hydroxyl groups is 1. The number of nitrogens with zero attached hydrogens (tertiary/aromatic N) is 2. The molecule has 4 heterocycles. The van der Waals surface area contributed by atoms with Gasteiger partial charge in [-0.25, -0.2) is 0 Å². The first-order chi connectivity index (χ1) is 13.4. The van der Waals surface area contributed by atoms with Crippen molar-refractivity contribution in [1.29, 1.82) is 0 Å². The number of benzene rings is 1. The topological polar surface area (TPSA) is 103 Å². The highest BCUT2D eigenvalue weighted by Crippen LogP contribution is 2.42. The van der Waals surface area contributed by atoms with Crippen LogP contribution in [0.25, 0.3) is 10.9 Å². The zero-order valence-electron chi connectivity index (χ0n) is 15.8. The Morgan fingerprint density at radius 3 is 2.75 bits per heavy atom. The summed E-state index contributed by atoms with van der Waals surface area (Å²) in [6.45, 7) is 6.07. The highest BCUT2D eigenvalue weighted by atomic mass is 32.2. The molecular formula is C20H26N2O5S. The van der Waals surface area contributed by atoms with E-state index in [1.165, 1.54) is 6.42 Å². The Balaban J connectivity index is 0.000000516. The van der Waals surface area contributed by atoms with Crippen molar-refractivity contribution in [2.45, 2.75) is 25.0 Å². The highest BCUT2D eigenvalue weighted by molar-refractivity contribution is 7.73. The molecule has 8 heteroatoms. The molecule has 2 bridgehead atoms. The quantitative estimate of drug-likeness (QED) is 0.530. The predicted molar refractivity (Wildman–Crippen MR) is 108 cm³/mol. The van der Waals surface area contributed by atoms with E-state index in [4.69, 9.17) is 18.1 Å². The lowest BCUT2D eigenvalue weighted by Gasteiger charge is -2.50. The number of methoxy groups -OCH3 is 1. The van der Waals surface area contributed by atoms with Gasteiger partial charge in [-0.3, -0.25) is 19.0 Å². The number of piperidine rings is 3. The normalized spacial score (nSPS) is 27.2. The van der Waals surface area contributed by atoms with Gasteiger partial charge < -0.3 is 9.84 Å². The first kappa shape index (κ1) is 20.9. The van der Waals surface area contributed by atoms with Crippen LogP contribution in [0.5, 0.6) is 5.75 Å². The maximum atomic E-state index is 11.2. The summed E-state index contributed by atoms with van der Waals surface area (Å²) in [6.07, 6.45) is 5.62. The summed E-state index contributed by atoms with van der Waals surface area (Å²) in [5, 5.41) is 12.1. The number of hydrogen-bond donors (Lipinski definition) is 3. The number of aliphatic hydroxyl groups excluding tert-OH is 1. The van der Waals surface area contributed by atoms with Gasteiger partial charge in [0.15, 0.2) is 0 Å². The van der Waals surface area contributed by atoms with Crippen molar-refractivity contribution in [3.05, 3.63) is 48.7 Å². The van der Waals surface area contributed by atoms with Gasteiger partial charge in [-0.1, -0.05) is 6.08 Å². The second kappa shape index (κ2) is 9.11. The molecule has 0 aliphatic carbocycles. The van der Waals surface area contributed by atoms with Crippen LogP contribution < -0.4 is 4.74 Å². The fraction of sp³-hybridized carbons (Fsp3) is 0.450. The first-order valence-corrected chi connectivity index (χ1v) is 10.3. The molecule has 152 valence electrons. The second-order valence-electron chi connectivity index (χ2n) is 7.21. The molecule has 0 amide bonds. The van der Waals surface area contributed by atoms with Gasteiger partial charge in [0.2, 0.25) is 0 Å². The van der Waals surface area contributed by atoms with E-state index in [0.717, 1.165) is 41.7 Å². The predicted octanol–water partition coefficient (Wildman–Crippen LogP) is 2.85. The zero-order chi connectivity index (χ0) is 20.3. The minimum absolute atomic E-state index is 0.178. The minimum Gasteiger partial charge on any atom is -0.497 e. The number of pyridine rings is 1. The van der Waals surface area contributed by atoms with Crippen LogP contribution in [0, 0.1) is 11.8 Å². The highest BCUT2D eigenvalue weighted by Gasteiger charge is 2.42. The Labute approximate surface area is 167 Å². The Morgan fingerprint density at radius 2 is 2.14 bits per heavy atom. The van der Waals surface area contributed by atoms with E-state index < -0.39 is 17.5 Å². The fourth-order valence-electron chi connectivity index (χ4n) is 4.44. The van der Waals surface area contributed by atoms with Crippen molar-refractivity contribution in [1.82, 2.24) is 9.88 Å². The summed E-state index contributed by atoms with van der Waals surface area (Å²) in [6, 6.07) is 7.96. The molecule has 2 aromatic rings. The van der Waals surface area contributed by atoms with Crippen LogP contribution in [0.4, 0.5) is 0 Å². The Hall–Kier alpha value is -1.84. The Kier molecular flexibility index (Phi) is 6.79. The van der Waals surface area contributed by atoms with Crippen molar-refractivity contribution in [3.63, 3.8) is 0 Å². The van der Waals surface area contributed by atoms with Crippen molar-refractivity contribution >= 4 is 22.3 Å². The lowest BCUT2D eigenvalue weighted by molar-refractivity contribution is -0.0444. The Morgan fingerprint density at radius 1 is 1.39 bits per heavy atom. The van der Waals surface area contributed by atoms with E-state index in [1.807, 2.05) is 24.3 Å². The Bertz CT molecular complexity index is 858. The largest absolute Gasteiger partial charge is 0.497 e. The average Bonchev–Trinajstić information content (AvgIpc) is 2.72. The van der Waals surface area contributed by atoms with E-state index in [1.54, 1.807) is 13.3 Å². The van der Waals surface area contributed by atoms with Crippen LogP contribution in [0.1, 0.15) is 24.5 Å². The van der Waals surface area contributed by atoms with Crippen LogP contribution in [-0.4, -0.2) is 54.5 Å². The van der Waals surface area contributed by atoms with E-state index in [2.05, 4.69) is 22.5 Å². The van der Waals surface area contributed by atoms with Gasteiger partial charge in [0.05, 0.1) is 18.7 Å². The zero-order valence-corrected chi connectivity index (χ0v) is 16.6. The van der Waals surface area contributed by atoms with Gasteiger partial charge in [0.25, 0.3) is 11.4 Å². The van der Waals surface area contributed by atoms with Crippen LogP contribution in [0.3, 0.4) is 0 Å². The summed E-state index contributed by atoms with van der Waals surface area (Å²) < 4.78 is 28.2. The third kappa shape index (κ3) is 4.42. The summed E-state index contributed by atoms with van der Waals surface area (Å²) in [5.74, 6) is 2.01. The van der Waals surface area contributed by atoms with Crippen LogP contribution in [0.2, 0.25) is 0 Å². The van der Waals surface area contributed by atoms with E-state index in [9.17, 15) is 5.11 Å². The molecule has 0 spiro atoms. The van der Waals surface area contributed by atoms with Crippen molar-refractivity contribution in [2.75, 3.05) is 20.2 Å². The SMILES string of the molecule is C=C[C@@H]1CN2CCC1C[C@@H]2[C@H](O)c1ccnc2ccc(OC)cc12.O=S(O)O. The molecule has 3 N–H and O–H groups in total. The average molecular weight is 407 g/mol. The lowest BCUT2D eigenvalue weighted by Crippen LogP contribution is -2.54. The van der Waals surface area contributed by atoms with E-state index in [-0.39, 0.29) is 6.04 Å². The van der Waals surface area contributed by atoms with Gasteiger partial charge in [0, 0.05) is 24.2 Å². The van der Waals surface area contributed by atoms with E-state index in [0.29, 0.717) is 11.8 Å². The van der Waals surface area contributed by atoms with Crippen LogP contribution in [0.15, 0.2) is 43.1 Å². The summed E-state index contributed by atoms with van der Waals surface area (Å²) >= 11 is -2.61. The number of fused-ring (bicyclic) bond motifs is 4. The third-order valence-corrected chi connectivity index (χ3v) is 5.82. The molecule has 5 atom stereocenters. The smallest absolute Gasteiger partial charge is 0.299 e. The monoisotopic (exact) mass is 406 g/mol. The van der Waals surface area contributed by atoms with Gasteiger partial charge in [-0.15, -0.1) is 6.58 Å². The van der Waals surface area contributed by atoms with Crippen molar-refractivity contribution < 1.29 is 23.2 Å². The van der Waals surface area contributed by atoms with Gasteiger partial charge in [-0.05, 0) is 61.1 Å². The fourth-order valence-corrected chi connectivity index (χ4v) is 4.44. The summed E-state index contributed by atoms with van der Waals surface area (Å²) in [7, 11) is 1.66. The molecule has 5 rings (SSSR count). The molecule has 3 fully saturated rings. The van der Waals surface area contributed by atoms with E-state index >= 15 is 0 Å². The maximum Gasteiger partial charge on any atom is 0.299 e. The second-order valence-corrected chi connectivity index (χ2v) is 7.67. The molecule has 3 aliphatic heterocycles. The molecule has 7 nitrogen and oxygen atoms in total. The maximum absolute atomic E-state index is 11.2. The third-order valence-electron chi connectivity index (χ3n) is 5.82. The van der Waals surface area contributed by atoms with Gasteiger partial charge in [-0.2, -0.15) is 4.21 Å². The molecular weight excluding hydrogens is 380 g/mol. The number of aromatic nitrogens is 1.